The van der Waals surface area contributed by atoms with Crippen molar-refractivity contribution < 1.29 is 24.1 Å². The average molecular weight is 451 g/mol. The van der Waals surface area contributed by atoms with Crippen molar-refractivity contribution in [2.45, 2.75) is 47.6 Å². The van der Waals surface area contributed by atoms with Crippen LogP contribution >= 0.6 is 11.8 Å². The number of ether oxygens (including phenoxy) is 4. The highest BCUT2D eigenvalue weighted by Crippen LogP contribution is 2.40. The van der Waals surface area contributed by atoms with E-state index in [1.54, 1.807) is 0 Å². The molecule has 2 heterocycles. The molecule has 0 amide bonds. The van der Waals surface area contributed by atoms with Gasteiger partial charge in [0.05, 0.1) is 13.2 Å². The number of rotatable bonds is 6. The van der Waals surface area contributed by atoms with E-state index < -0.39 is 30.0 Å². The van der Waals surface area contributed by atoms with Crippen molar-refractivity contribution in [1.82, 2.24) is 0 Å². The molecule has 5 rings (SSSR count). The Bertz CT molecular complexity index is 971. The summed E-state index contributed by atoms with van der Waals surface area (Å²) in [5.41, 5.74) is 1.49. The van der Waals surface area contributed by atoms with E-state index in [0.29, 0.717) is 13.2 Å². The number of hydrogen-bond donors (Lipinski definition) is 1. The molecule has 2 saturated heterocycles. The quantitative estimate of drug-likeness (QED) is 0.594. The Morgan fingerprint density at radius 1 is 0.844 bits per heavy atom. The number of benzene rings is 3. The van der Waals surface area contributed by atoms with Crippen LogP contribution in [0.1, 0.15) is 17.4 Å². The first-order chi connectivity index (χ1) is 15.8. The van der Waals surface area contributed by atoms with Crippen LogP contribution in [0.15, 0.2) is 95.9 Å². The summed E-state index contributed by atoms with van der Waals surface area (Å²) in [7, 11) is 0. The van der Waals surface area contributed by atoms with Gasteiger partial charge in [-0.2, -0.15) is 0 Å². The van der Waals surface area contributed by atoms with Crippen molar-refractivity contribution in [3.05, 3.63) is 102 Å². The molecule has 0 aromatic heterocycles. The molecule has 3 unspecified atom stereocenters. The van der Waals surface area contributed by atoms with Crippen LogP contribution < -0.4 is 0 Å². The summed E-state index contributed by atoms with van der Waals surface area (Å²) in [6.07, 6.45) is -2.71. The zero-order valence-corrected chi connectivity index (χ0v) is 18.3. The molecular formula is C26H26O5S. The Morgan fingerprint density at radius 3 is 2.22 bits per heavy atom. The van der Waals surface area contributed by atoms with Crippen LogP contribution in [0.3, 0.4) is 0 Å². The van der Waals surface area contributed by atoms with Crippen molar-refractivity contribution in [2.24, 2.45) is 0 Å². The van der Waals surface area contributed by atoms with E-state index in [-0.39, 0.29) is 6.10 Å². The minimum Gasteiger partial charge on any atom is -0.387 e. The molecule has 1 N–H and O–H groups in total. The molecule has 6 atom stereocenters. The van der Waals surface area contributed by atoms with E-state index in [9.17, 15) is 5.11 Å². The zero-order valence-electron chi connectivity index (χ0n) is 17.5. The molecule has 2 aliphatic heterocycles. The molecule has 2 fully saturated rings. The van der Waals surface area contributed by atoms with Crippen LogP contribution in [-0.2, 0) is 25.6 Å². The molecule has 166 valence electrons. The highest BCUT2D eigenvalue weighted by atomic mass is 32.2. The molecule has 3 aromatic carbocycles. The highest BCUT2D eigenvalue weighted by Gasteiger charge is 2.50. The maximum Gasteiger partial charge on any atom is 0.184 e. The highest BCUT2D eigenvalue weighted by molar-refractivity contribution is 7.99. The lowest BCUT2D eigenvalue weighted by Gasteiger charge is -2.47. The number of fused-ring (bicyclic) bond motifs is 1. The molecule has 0 radical (unpaired) electrons. The van der Waals surface area contributed by atoms with Gasteiger partial charge >= 0.3 is 0 Å². The van der Waals surface area contributed by atoms with Crippen LogP contribution in [0, 0.1) is 0 Å². The van der Waals surface area contributed by atoms with E-state index >= 15 is 0 Å². The van der Waals surface area contributed by atoms with E-state index in [1.165, 1.54) is 11.8 Å². The van der Waals surface area contributed by atoms with Crippen LogP contribution in [0.5, 0.6) is 0 Å². The summed E-state index contributed by atoms with van der Waals surface area (Å²) < 4.78 is 24.8. The van der Waals surface area contributed by atoms with Gasteiger partial charge in [-0.3, -0.25) is 0 Å². The first-order valence-corrected chi connectivity index (χ1v) is 11.7. The molecule has 5 nitrogen and oxygen atoms in total. The second kappa shape index (κ2) is 10.2. The summed E-state index contributed by atoms with van der Waals surface area (Å²) in [4.78, 5) is 1.02. The maximum absolute atomic E-state index is 11.3. The van der Waals surface area contributed by atoms with Crippen molar-refractivity contribution in [3.63, 3.8) is 0 Å². The van der Waals surface area contributed by atoms with Gasteiger partial charge in [-0.05, 0) is 17.7 Å². The smallest absolute Gasteiger partial charge is 0.184 e. The fourth-order valence-electron chi connectivity index (χ4n) is 4.03. The van der Waals surface area contributed by atoms with Crippen LogP contribution in [-0.4, -0.2) is 41.6 Å². The SMILES string of the molecule is OC1[C@@H](OCc2ccccc2)[C@H]2OC(c3ccccc3)OCC2O[C@H]1Sc1ccccc1. The first kappa shape index (κ1) is 21.6. The Hall–Kier alpha value is -2.19. The molecule has 2 aliphatic rings. The van der Waals surface area contributed by atoms with Crippen molar-refractivity contribution in [2.75, 3.05) is 6.61 Å². The number of thioether (sulfide) groups is 1. The van der Waals surface area contributed by atoms with Gasteiger partial charge in [0.25, 0.3) is 0 Å². The number of hydrogen-bond acceptors (Lipinski definition) is 6. The van der Waals surface area contributed by atoms with Crippen molar-refractivity contribution in [3.8, 4) is 0 Å². The lowest BCUT2D eigenvalue weighted by atomic mass is 9.98. The van der Waals surface area contributed by atoms with Crippen LogP contribution in [0.25, 0.3) is 0 Å². The van der Waals surface area contributed by atoms with Gasteiger partial charge in [0.2, 0.25) is 0 Å². The third kappa shape index (κ3) is 4.91. The van der Waals surface area contributed by atoms with Gasteiger partial charge in [-0.1, -0.05) is 90.6 Å². The Kier molecular flexibility index (Phi) is 6.88. The topological polar surface area (TPSA) is 57.2 Å². The van der Waals surface area contributed by atoms with E-state index in [4.69, 9.17) is 18.9 Å². The van der Waals surface area contributed by atoms with Gasteiger partial charge < -0.3 is 24.1 Å². The third-order valence-electron chi connectivity index (χ3n) is 5.66. The second-order valence-corrected chi connectivity index (χ2v) is 9.07. The fourth-order valence-corrected chi connectivity index (χ4v) is 5.11. The standard InChI is InChI=1S/C26H26O5S/c27-22-24(28-16-18-10-4-1-5-11-18)23-21(30-26(22)32-20-14-8-3-9-15-20)17-29-25(31-23)19-12-6-2-7-13-19/h1-15,21-27H,16-17H2/t21?,22?,23-,24+,25?,26-/m0/s1. The molecule has 0 spiro atoms. The minimum atomic E-state index is -0.861. The monoisotopic (exact) mass is 450 g/mol. The van der Waals surface area contributed by atoms with Crippen molar-refractivity contribution in [1.29, 1.82) is 0 Å². The summed E-state index contributed by atoms with van der Waals surface area (Å²) in [5.74, 6) is 0. The average Bonchev–Trinajstić information content (AvgIpc) is 2.86. The summed E-state index contributed by atoms with van der Waals surface area (Å²) in [6.45, 7) is 0.753. The molecule has 0 bridgehead atoms. The lowest BCUT2D eigenvalue weighted by molar-refractivity contribution is -0.325. The van der Waals surface area contributed by atoms with Crippen molar-refractivity contribution >= 4 is 11.8 Å². The van der Waals surface area contributed by atoms with E-state index in [1.807, 2.05) is 91.0 Å². The molecule has 32 heavy (non-hydrogen) atoms. The molecule has 3 aromatic rings. The van der Waals surface area contributed by atoms with E-state index in [0.717, 1.165) is 16.0 Å². The predicted molar refractivity (Wildman–Crippen MR) is 122 cm³/mol. The molecular weight excluding hydrogens is 424 g/mol. The van der Waals surface area contributed by atoms with Crippen LogP contribution in [0.4, 0.5) is 0 Å². The van der Waals surface area contributed by atoms with E-state index in [2.05, 4.69) is 0 Å². The zero-order chi connectivity index (χ0) is 21.8. The minimum absolute atomic E-state index is 0.333. The van der Waals surface area contributed by atoms with Gasteiger partial charge in [0.15, 0.2) is 6.29 Å². The summed E-state index contributed by atoms with van der Waals surface area (Å²) >= 11 is 1.49. The Morgan fingerprint density at radius 2 is 1.50 bits per heavy atom. The molecule has 0 saturated carbocycles. The maximum atomic E-state index is 11.3. The third-order valence-corrected chi connectivity index (χ3v) is 6.83. The van der Waals surface area contributed by atoms with Gasteiger partial charge in [0.1, 0.15) is 29.9 Å². The Balaban J connectivity index is 1.36. The molecule has 6 heteroatoms. The van der Waals surface area contributed by atoms with Gasteiger partial charge in [-0.25, -0.2) is 0 Å². The molecule has 0 aliphatic carbocycles. The number of aliphatic hydroxyl groups excluding tert-OH is 1. The largest absolute Gasteiger partial charge is 0.387 e. The first-order valence-electron chi connectivity index (χ1n) is 10.8. The summed E-state index contributed by atoms with van der Waals surface area (Å²) in [5, 5.41) is 11.3. The van der Waals surface area contributed by atoms with Gasteiger partial charge in [-0.15, -0.1) is 0 Å². The fraction of sp³-hybridized carbons (Fsp3) is 0.308. The second-order valence-electron chi connectivity index (χ2n) is 7.90. The van der Waals surface area contributed by atoms with Crippen LogP contribution in [0.2, 0.25) is 0 Å². The Labute approximate surface area is 192 Å². The summed E-state index contributed by atoms with van der Waals surface area (Å²) in [6, 6.07) is 29.7. The van der Waals surface area contributed by atoms with Gasteiger partial charge in [0, 0.05) is 10.5 Å². The normalized spacial score (nSPS) is 29.9. The number of aliphatic hydroxyl groups is 1. The lowest BCUT2D eigenvalue weighted by Crippen LogP contribution is -2.61. The predicted octanol–water partition coefficient (Wildman–Crippen LogP) is 4.56.